The maximum atomic E-state index is 11.9. The average Bonchev–Trinajstić information content (AvgIpc) is 2.77. The van der Waals surface area contributed by atoms with Crippen molar-refractivity contribution < 1.29 is 24.1 Å². The largest absolute Gasteiger partial charge is 0.465 e. The van der Waals surface area contributed by atoms with Gasteiger partial charge in [-0.2, -0.15) is 0 Å². The molecule has 186 valence electrons. The topological polar surface area (TPSA) is 77.0 Å². The maximum Gasteiger partial charge on any atom is 0.305 e. The van der Waals surface area contributed by atoms with Crippen molar-refractivity contribution in [3.8, 4) is 0 Å². The number of unbranched alkanes of at least 4 members (excludes halogenated alkanes) is 10. The SMILES string of the molecule is CCCCCCCOC(CCOC(=O)CCCCCNCCO)OCCCCCCC. The van der Waals surface area contributed by atoms with E-state index in [4.69, 9.17) is 19.3 Å². The van der Waals surface area contributed by atoms with Gasteiger partial charge in [0.05, 0.1) is 13.2 Å². The molecule has 0 aromatic heterocycles. The Morgan fingerprint density at radius 2 is 1.32 bits per heavy atom. The molecule has 31 heavy (non-hydrogen) atoms. The molecule has 0 aromatic rings. The predicted molar refractivity (Wildman–Crippen MR) is 127 cm³/mol. The number of carbonyl (C=O) groups is 1. The van der Waals surface area contributed by atoms with Crippen LogP contribution in [-0.2, 0) is 19.0 Å². The first-order valence-electron chi connectivity index (χ1n) is 12.9. The molecule has 0 spiro atoms. The standard InChI is InChI=1S/C25H51NO5/c1-3-5-7-9-14-21-30-25(31-22-15-10-8-6-4-2)17-23-29-24(28)16-12-11-13-18-26-19-20-27/h25-27H,3-23H2,1-2H3. The highest BCUT2D eigenvalue weighted by atomic mass is 16.7. The summed E-state index contributed by atoms with van der Waals surface area (Å²) in [6.45, 7) is 7.89. The minimum Gasteiger partial charge on any atom is -0.465 e. The lowest BCUT2D eigenvalue weighted by molar-refractivity contribution is -0.161. The molecule has 0 heterocycles. The van der Waals surface area contributed by atoms with E-state index in [1.165, 1.54) is 51.4 Å². The first-order chi connectivity index (χ1) is 15.2. The molecule has 0 aliphatic heterocycles. The summed E-state index contributed by atoms with van der Waals surface area (Å²) >= 11 is 0. The Bertz CT molecular complexity index is 352. The lowest BCUT2D eigenvalue weighted by atomic mass is 10.2. The van der Waals surface area contributed by atoms with Gasteiger partial charge in [0.15, 0.2) is 6.29 Å². The Morgan fingerprint density at radius 1 is 0.742 bits per heavy atom. The van der Waals surface area contributed by atoms with Gasteiger partial charge in [-0.15, -0.1) is 0 Å². The Labute approximate surface area is 191 Å². The third kappa shape index (κ3) is 23.8. The van der Waals surface area contributed by atoms with Crippen LogP contribution in [0.4, 0.5) is 0 Å². The number of ether oxygens (including phenoxy) is 3. The fourth-order valence-electron chi connectivity index (χ4n) is 3.30. The highest BCUT2D eigenvalue weighted by Gasteiger charge is 2.11. The molecule has 6 heteroatoms. The number of hydrogen-bond acceptors (Lipinski definition) is 6. The number of hydrogen-bond donors (Lipinski definition) is 2. The summed E-state index contributed by atoms with van der Waals surface area (Å²) in [6, 6.07) is 0. The summed E-state index contributed by atoms with van der Waals surface area (Å²) < 4.78 is 17.3. The van der Waals surface area contributed by atoms with Crippen molar-refractivity contribution in [2.24, 2.45) is 0 Å². The van der Waals surface area contributed by atoms with Crippen LogP contribution in [0.5, 0.6) is 0 Å². The fraction of sp³-hybridized carbons (Fsp3) is 0.960. The van der Waals surface area contributed by atoms with E-state index < -0.39 is 0 Å². The Morgan fingerprint density at radius 3 is 1.90 bits per heavy atom. The normalized spacial score (nSPS) is 11.4. The maximum absolute atomic E-state index is 11.9. The second kappa shape index (κ2) is 25.6. The molecule has 0 atom stereocenters. The van der Waals surface area contributed by atoms with Crippen molar-refractivity contribution in [3.63, 3.8) is 0 Å². The Balaban J connectivity index is 3.91. The van der Waals surface area contributed by atoms with Crippen LogP contribution in [0.2, 0.25) is 0 Å². The summed E-state index contributed by atoms with van der Waals surface area (Å²) in [7, 11) is 0. The molecule has 0 saturated heterocycles. The zero-order valence-corrected chi connectivity index (χ0v) is 20.5. The van der Waals surface area contributed by atoms with Crippen LogP contribution in [0.1, 0.15) is 110 Å². The lowest BCUT2D eigenvalue weighted by Gasteiger charge is -2.19. The van der Waals surface area contributed by atoms with E-state index >= 15 is 0 Å². The number of nitrogens with one attached hydrogen (secondary N) is 1. The fourth-order valence-corrected chi connectivity index (χ4v) is 3.30. The van der Waals surface area contributed by atoms with E-state index in [-0.39, 0.29) is 18.9 Å². The van der Waals surface area contributed by atoms with Gasteiger partial charge in [-0.1, -0.05) is 71.6 Å². The molecule has 0 fully saturated rings. The summed E-state index contributed by atoms with van der Waals surface area (Å²) in [5.74, 6) is -0.138. The molecule has 0 aliphatic carbocycles. The summed E-state index contributed by atoms with van der Waals surface area (Å²) in [5, 5.41) is 11.8. The van der Waals surface area contributed by atoms with Crippen LogP contribution in [0.25, 0.3) is 0 Å². The van der Waals surface area contributed by atoms with Gasteiger partial charge in [-0.05, 0) is 32.2 Å². The number of aliphatic hydroxyl groups excluding tert-OH is 1. The van der Waals surface area contributed by atoms with Gasteiger partial charge in [-0.3, -0.25) is 4.79 Å². The zero-order chi connectivity index (χ0) is 22.8. The van der Waals surface area contributed by atoms with E-state index in [1.807, 2.05) is 0 Å². The Hall–Kier alpha value is -0.690. The average molecular weight is 446 g/mol. The number of aliphatic hydroxyl groups is 1. The third-order valence-corrected chi connectivity index (χ3v) is 5.24. The summed E-state index contributed by atoms with van der Waals surface area (Å²) in [6.07, 6.45) is 15.7. The molecule has 0 unspecified atom stereocenters. The van der Waals surface area contributed by atoms with Gasteiger partial charge in [0.25, 0.3) is 0 Å². The molecule has 0 bridgehead atoms. The van der Waals surface area contributed by atoms with Crippen molar-refractivity contribution in [2.45, 2.75) is 116 Å². The third-order valence-electron chi connectivity index (χ3n) is 5.24. The highest BCUT2D eigenvalue weighted by Crippen LogP contribution is 2.10. The van der Waals surface area contributed by atoms with Crippen LogP contribution in [0.3, 0.4) is 0 Å². The van der Waals surface area contributed by atoms with E-state index in [1.54, 1.807) is 0 Å². The van der Waals surface area contributed by atoms with E-state index in [2.05, 4.69) is 19.2 Å². The van der Waals surface area contributed by atoms with Gasteiger partial charge < -0.3 is 24.6 Å². The second-order valence-corrected chi connectivity index (χ2v) is 8.29. The van der Waals surface area contributed by atoms with Gasteiger partial charge >= 0.3 is 5.97 Å². The predicted octanol–water partition coefficient (Wildman–Crippen LogP) is 5.36. The van der Waals surface area contributed by atoms with Crippen LogP contribution in [0, 0.1) is 0 Å². The molecule has 0 rings (SSSR count). The minimum absolute atomic E-state index is 0.138. The van der Waals surface area contributed by atoms with Crippen molar-refractivity contribution in [1.82, 2.24) is 5.32 Å². The monoisotopic (exact) mass is 445 g/mol. The number of carbonyl (C=O) groups excluding carboxylic acids is 1. The molecule has 0 aromatic carbocycles. The molecule has 0 saturated carbocycles. The number of esters is 1. The minimum atomic E-state index is -0.275. The lowest BCUT2D eigenvalue weighted by Crippen LogP contribution is -2.22. The quantitative estimate of drug-likeness (QED) is 0.112. The summed E-state index contributed by atoms with van der Waals surface area (Å²) in [4.78, 5) is 11.9. The molecule has 0 aliphatic rings. The van der Waals surface area contributed by atoms with Gasteiger partial charge in [-0.25, -0.2) is 0 Å². The van der Waals surface area contributed by atoms with Gasteiger partial charge in [0.2, 0.25) is 0 Å². The first-order valence-corrected chi connectivity index (χ1v) is 12.9. The molecular weight excluding hydrogens is 394 g/mol. The van der Waals surface area contributed by atoms with Crippen molar-refractivity contribution in [1.29, 1.82) is 0 Å². The second-order valence-electron chi connectivity index (χ2n) is 8.29. The summed E-state index contributed by atoms with van der Waals surface area (Å²) in [5.41, 5.74) is 0. The molecular formula is C25H51NO5. The van der Waals surface area contributed by atoms with Crippen LogP contribution in [0.15, 0.2) is 0 Å². The van der Waals surface area contributed by atoms with Crippen molar-refractivity contribution >= 4 is 5.97 Å². The Kier molecular flexibility index (Phi) is 25.0. The van der Waals surface area contributed by atoms with Crippen LogP contribution >= 0.6 is 0 Å². The van der Waals surface area contributed by atoms with Crippen molar-refractivity contribution in [3.05, 3.63) is 0 Å². The van der Waals surface area contributed by atoms with Gasteiger partial charge in [0.1, 0.15) is 0 Å². The highest BCUT2D eigenvalue weighted by molar-refractivity contribution is 5.69. The van der Waals surface area contributed by atoms with E-state index in [0.717, 1.165) is 38.6 Å². The van der Waals surface area contributed by atoms with Crippen LogP contribution in [-0.4, -0.2) is 56.9 Å². The van der Waals surface area contributed by atoms with Gasteiger partial charge in [0, 0.05) is 32.6 Å². The first kappa shape index (κ1) is 30.3. The zero-order valence-electron chi connectivity index (χ0n) is 20.5. The van der Waals surface area contributed by atoms with Crippen molar-refractivity contribution in [2.75, 3.05) is 39.5 Å². The molecule has 0 amide bonds. The molecule has 6 nitrogen and oxygen atoms in total. The number of rotatable bonds is 25. The molecule has 0 radical (unpaired) electrons. The van der Waals surface area contributed by atoms with Crippen LogP contribution < -0.4 is 5.32 Å². The molecule has 2 N–H and O–H groups in total. The van der Waals surface area contributed by atoms with E-state index in [0.29, 0.717) is 39.2 Å². The van der Waals surface area contributed by atoms with E-state index in [9.17, 15) is 4.79 Å². The smallest absolute Gasteiger partial charge is 0.305 e.